The van der Waals surface area contributed by atoms with Crippen molar-refractivity contribution in [2.75, 3.05) is 6.54 Å². The highest BCUT2D eigenvalue weighted by Gasteiger charge is 2.20. The topological polar surface area (TPSA) is 49.3 Å². The van der Waals surface area contributed by atoms with E-state index in [4.69, 9.17) is 0 Å². The maximum atomic E-state index is 12.0. The van der Waals surface area contributed by atoms with E-state index in [1.807, 2.05) is 25.1 Å². The first-order chi connectivity index (χ1) is 9.54. The first kappa shape index (κ1) is 15.5. The molecule has 0 saturated heterocycles. The van der Waals surface area contributed by atoms with Gasteiger partial charge >= 0.3 is 0 Å². The molecule has 1 saturated carbocycles. The molecule has 2 rings (SSSR count). The molecule has 2 unspecified atom stereocenters. The number of aliphatic hydroxyl groups excluding tert-OH is 1. The molecule has 0 heterocycles. The Kier molecular flexibility index (Phi) is 5.61. The lowest BCUT2D eigenvalue weighted by molar-refractivity contribution is -0.120. The maximum Gasteiger partial charge on any atom is 0.224 e. The number of carbonyl (C=O) groups excluding carboxylic acids is 1. The zero-order valence-electron chi connectivity index (χ0n) is 11.9. The molecule has 0 aliphatic heterocycles. The summed E-state index contributed by atoms with van der Waals surface area (Å²) < 4.78 is 1.04. The fourth-order valence-corrected chi connectivity index (χ4v) is 3.27. The molecule has 2 atom stereocenters. The van der Waals surface area contributed by atoms with Crippen molar-refractivity contribution in [1.82, 2.24) is 5.32 Å². The number of aliphatic hydroxyl groups is 1. The van der Waals surface area contributed by atoms with Crippen LogP contribution in [-0.2, 0) is 11.2 Å². The van der Waals surface area contributed by atoms with Crippen molar-refractivity contribution in [3.05, 3.63) is 33.8 Å². The molecule has 1 fully saturated rings. The zero-order chi connectivity index (χ0) is 14.5. The van der Waals surface area contributed by atoms with Crippen LogP contribution in [0, 0.1) is 12.8 Å². The summed E-state index contributed by atoms with van der Waals surface area (Å²) in [5.74, 6) is 0.490. The Bertz CT molecular complexity index is 476. The van der Waals surface area contributed by atoms with Gasteiger partial charge in [-0.15, -0.1) is 0 Å². The summed E-state index contributed by atoms with van der Waals surface area (Å²) in [7, 11) is 0. The molecule has 1 aliphatic rings. The van der Waals surface area contributed by atoms with Crippen LogP contribution >= 0.6 is 15.9 Å². The van der Waals surface area contributed by atoms with Crippen molar-refractivity contribution in [2.24, 2.45) is 5.92 Å². The van der Waals surface area contributed by atoms with Gasteiger partial charge in [0.15, 0.2) is 0 Å². The Morgan fingerprint density at radius 2 is 2.25 bits per heavy atom. The highest BCUT2D eigenvalue weighted by molar-refractivity contribution is 9.10. The average Bonchev–Trinajstić information content (AvgIpc) is 2.40. The van der Waals surface area contributed by atoms with Crippen LogP contribution in [-0.4, -0.2) is 23.7 Å². The van der Waals surface area contributed by atoms with Gasteiger partial charge in [-0.2, -0.15) is 0 Å². The van der Waals surface area contributed by atoms with Gasteiger partial charge in [0.25, 0.3) is 0 Å². The van der Waals surface area contributed by atoms with Gasteiger partial charge in [0.2, 0.25) is 5.91 Å². The van der Waals surface area contributed by atoms with Crippen LogP contribution in [0.3, 0.4) is 0 Å². The Morgan fingerprint density at radius 1 is 1.45 bits per heavy atom. The third-order valence-corrected chi connectivity index (χ3v) is 4.49. The summed E-state index contributed by atoms with van der Waals surface area (Å²) in [6, 6.07) is 5.98. The predicted molar refractivity (Wildman–Crippen MR) is 83.6 cm³/mol. The molecule has 110 valence electrons. The third-order valence-electron chi connectivity index (χ3n) is 4.00. The van der Waals surface area contributed by atoms with E-state index in [1.165, 1.54) is 0 Å². The highest BCUT2D eigenvalue weighted by Crippen LogP contribution is 2.23. The summed E-state index contributed by atoms with van der Waals surface area (Å²) in [6.07, 6.45) is 4.14. The van der Waals surface area contributed by atoms with Crippen molar-refractivity contribution >= 4 is 21.8 Å². The molecule has 3 nitrogen and oxygen atoms in total. The van der Waals surface area contributed by atoms with Gasteiger partial charge in [0, 0.05) is 11.0 Å². The van der Waals surface area contributed by atoms with Gasteiger partial charge in [0.05, 0.1) is 12.5 Å². The zero-order valence-corrected chi connectivity index (χ0v) is 13.4. The van der Waals surface area contributed by atoms with Crippen molar-refractivity contribution in [2.45, 2.75) is 45.1 Å². The minimum atomic E-state index is -0.181. The van der Waals surface area contributed by atoms with E-state index < -0.39 is 0 Å². The van der Waals surface area contributed by atoms with Gasteiger partial charge in [-0.05, 0) is 55.4 Å². The number of nitrogens with one attached hydrogen (secondary N) is 1. The smallest absolute Gasteiger partial charge is 0.224 e. The van der Waals surface area contributed by atoms with E-state index in [0.29, 0.717) is 18.9 Å². The number of hydrogen-bond donors (Lipinski definition) is 2. The van der Waals surface area contributed by atoms with Crippen LogP contribution in [0.5, 0.6) is 0 Å². The number of amides is 1. The molecule has 20 heavy (non-hydrogen) atoms. The number of halogens is 1. The van der Waals surface area contributed by atoms with E-state index in [2.05, 4.69) is 21.2 Å². The molecule has 4 heteroatoms. The van der Waals surface area contributed by atoms with Crippen molar-refractivity contribution in [3.63, 3.8) is 0 Å². The number of benzene rings is 1. The summed E-state index contributed by atoms with van der Waals surface area (Å²) >= 11 is 3.43. The van der Waals surface area contributed by atoms with Crippen LogP contribution in [0.1, 0.15) is 36.8 Å². The standard InChI is InChI=1S/C16H22BrNO2/c1-11-7-14(17)6-5-13(11)9-16(20)18-10-12-3-2-4-15(19)8-12/h5-7,12,15,19H,2-4,8-10H2,1H3,(H,18,20). The van der Waals surface area contributed by atoms with Gasteiger partial charge in [-0.1, -0.05) is 28.4 Å². The number of rotatable bonds is 4. The Balaban J connectivity index is 1.80. The first-order valence-electron chi connectivity index (χ1n) is 7.24. The van der Waals surface area contributed by atoms with E-state index >= 15 is 0 Å². The minimum absolute atomic E-state index is 0.0653. The Hall–Kier alpha value is -0.870. The Labute approximate surface area is 128 Å². The molecule has 2 N–H and O–H groups in total. The summed E-state index contributed by atoms with van der Waals surface area (Å²) in [6.45, 7) is 2.70. The van der Waals surface area contributed by atoms with Crippen molar-refractivity contribution in [3.8, 4) is 0 Å². The molecular formula is C16H22BrNO2. The van der Waals surface area contributed by atoms with Gasteiger partial charge in [-0.25, -0.2) is 0 Å². The molecule has 1 amide bonds. The van der Waals surface area contributed by atoms with E-state index in [-0.39, 0.29) is 12.0 Å². The van der Waals surface area contributed by atoms with Crippen molar-refractivity contribution in [1.29, 1.82) is 0 Å². The molecule has 1 aromatic carbocycles. The molecule has 1 aliphatic carbocycles. The minimum Gasteiger partial charge on any atom is -0.393 e. The predicted octanol–water partition coefficient (Wildman–Crippen LogP) is 2.97. The van der Waals surface area contributed by atoms with Crippen LogP contribution in [0.4, 0.5) is 0 Å². The molecule has 0 radical (unpaired) electrons. The number of carbonyl (C=O) groups is 1. The number of hydrogen-bond acceptors (Lipinski definition) is 2. The number of aryl methyl sites for hydroxylation is 1. The highest BCUT2D eigenvalue weighted by atomic mass is 79.9. The van der Waals surface area contributed by atoms with E-state index in [1.54, 1.807) is 0 Å². The van der Waals surface area contributed by atoms with Gasteiger partial charge < -0.3 is 10.4 Å². The largest absolute Gasteiger partial charge is 0.393 e. The van der Waals surface area contributed by atoms with Crippen LogP contribution in [0.15, 0.2) is 22.7 Å². The second-order valence-electron chi connectivity index (χ2n) is 5.74. The fraction of sp³-hybridized carbons (Fsp3) is 0.562. The summed E-state index contributed by atoms with van der Waals surface area (Å²) in [5, 5.41) is 12.6. The van der Waals surface area contributed by atoms with E-state index in [9.17, 15) is 9.90 Å². The van der Waals surface area contributed by atoms with Gasteiger partial charge in [0.1, 0.15) is 0 Å². The Morgan fingerprint density at radius 3 is 2.95 bits per heavy atom. The van der Waals surface area contributed by atoms with Crippen molar-refractivity contribution < 1.29 is 9.90 Å². The molecular weight excluding hydrogens is 318 g/mol. The normalized spacial score (nSPS) is 22.6. The fourth-order valence-electron chi connectivity index (χ4n) is 2.80. The SMILES string of the molecule is Cc1cc(Br)ccc1CC(=O)NCC1CCCC(O)C1. The lowest BCUT2D eigenvalue weighted by atomic mass is 9.87. The molecule has 0 spiro atoms. The second-order valence-corrected chi connectivity index (χ2v) is 6.65. The molecule has 0 bridgehead atoms. The molecule has 0 aromatic heterocycles. The van der Waals surface area contributed by atoms with Gasteiger partial charge in [-0.3, -0.25) is 4.79 Å². The third kappa shape index (κ3) is 4.60. The van der Waals surface area contributed by atoms with E-state index in [0.717, 1.165) is 41.3 Å². The molecule has 1 aromatic rings. The second kappa shape index (κ2) is 7.23. The quantitative estimate of drug-likeness (QED) is 0.885. The maximum absolute atomic E-state index is 12.0. The average molecular weight is 340 g/mol. The summed E-state index contributed by atoms with van der Waals surface area (Å²) in [4.78, 5) is 12.0. The van der Waals surface area contributed by atoms with Crippen LogP contribution in [0.2, 0.25) is 0 Å². The van der Waals surface area contributed by atoms with Crippen LogP contribution in [0.25, 0.3) is 0 Å². The summed E-state index contributed by atoms with van der Waals surface area (Å²) in [5.41, 5.74) is 2.19. The first-order valence-corrected chi connectivity index (χ1v) is 8.03. The monoisotopic (exact) mass is 339 g/mol. The van der Waals surface area contributed by atoms with Crippen LogP contribution < -0.4 is 5.32 Å². The lowest BCUT2D eigenvalue weighted by Crippen LogP contribution is -2.33. The lowest BCUT2D eigenvalue weighted by Gasteiger charge is -2.25.